The molecule has 0 aliphatic heterocycles. The minimum Gasteiger partial charge on any atom is -0.368 e. The number of thiophene rings is 1. The van der Waals surface area contributed by atoms with Gasteiger partial charge in [-0.25, -0.2) is 15.0 Å². The quantitative estimate of drug-likeness (QED) is 0.217. The van der Waals surface area contributed by atoms with E-state index in [2.05, 4.69) is 25.6 Å². The number of carbonyl (C=O) groups is 2. The lowest BCUT2D eigenvalue weighted by Gasteiger charge is -2.12. The van der Waals surface area contributed by atoms with E-state index in [1.54, 1.807) is 24.4 Å². The fraction of sp³-hybridized carbons (Fsp3) is 0.115. The highest BCUT2D eigenvalue weighted by Gasteiger charge is 2.17. The Morgan fingerprint density at radius 3 is 2.61 bits per heavy atom. The number of amides is 2. The Labute approximate surface area is 230 Å². The molecule has 3 aromatic heterocycles. The maximum Gasteiger partial charge on any atom is 0.267 e. The zero-order valence-corrected chi connectivity index (χ0v) is 22.2. The summed E-state index contributed by atoms with van der Waals surface area (Å²) in [6, 6.07) is 17.9. The molecule has 0 saturated carbocycles. The third kappa shape index (κ3) is 5.97. The van der Waals surface area contributed by atoms with Gasteiger partial charge in [-0.05, 0) is 47.9 Å². The summed E-state index contributed by atoms with van der Waals surface area (Å²) in [6.45, 7) is 0.266. The molecule has 0 saturated heterocycles. The molecule has 0 fully saturated rings. The van der Waals surface area contributed by atoms with E-state index in [1.165, 1.54) is 22.7 Å². The predicted octanol–water partition coefficient (Wildman–Crippen LogP) is 4.49. The molecule has 38 heavy (non-hydrogen) atoms. The number of aromatic nitrogens is 3. The Balaban J connectivity index is 1.24. The fourth-order valence-corrected chi connectivity index (χ4v) is 5.91. The molecule has 9 nitrogen and oxygen atoms in total. The van der Waals surface area contributed by atoms with Crippen LogP contribution >= 0.6 is 34.3 Å². The molecule has 2 amide bonds. The van der Waals surface area contributed by atoms with Crippen LogP contribution in [-0.4, -0.2) is 32.8 Å². The van der Waals surface area contributed by atoms with Gasteiger partial charge in [0.15, 0.2) is 5.13 Å². The van der Waals surface area contributed by atoms with Crippen molar-refractivity contribution >= 4 is 67.4 Å². The molecule has 5 rings (SSSR count). The number of nitrogens with two attached hydrogens (primary N) is 2. The van der Waals surface area contributed by atoms with Crippen molar-refractivity contribution in [3.63, 3.8) is 0 Å². The van der Waals surface area contributed by atoms with E-state index in [4.69, 9.17) is 23.1 Å². The largest absolute Gasteiger partial charge is 0.368 e. The van der Waals surface area contributed by atoms with Crippen molar-refractivity contribution in [1.82, 2.24) is 20.3 Å². The van der Waals surface area contributed by atoms with Crippen LogP contribution in [0.1, 0.15) is 20.8 Å². The number of carbonyl (C=O) groups excluding carboxylic acids is 2. The highest BCUT2D eigenvalue weighted by Crippen LogP contribution is 2.33. The van der Waals surface area contributed by atoms with Gasteiger partial charge in [-0.15, -0.1) is 11.3 Å². The van der Waals surface area contributed by atoms with E-state index in [-0.39, 0.29) is 24.3 Å². The number of nitrogens with one attached hydrogen (secondary N) is 2. The van der Waals surface area contributed by atoms with Crippen LogP contribution in [0.4, 0.5) is 11.1 Å². The van der Waals surface area contributed by atoms with Gasteiger partial charge in [0.2, 0.25) is 11.9 Å². The van der Waals surface area contributed by atoms with Gasteiger partial charge in [-0.2, -0.15) is 0 Å². The SMILES string of the molecule is Nc1nccc(-c2ccc(C(=O)Nc3nc4c(Cl)cc(CNC(=O)[C@@H](N)Cc5ccccc5)cc4s3)s2)n1. The van der Waals surface area contributed by atoms with Gasteiger partial charge in [0.1, 0.15) is 5.52 Å². The summed E-state index contributed by atoms with van der Waals surface area (Å²) in [5.41, 5.74) is 14.8. The molecule has 1 atom stereocenters. The third-order valence-corrected chi connectivity index (χ3v) is 7.90. The predicted molar refractivity (Wildman–Crippen MR) is 152 cm³/mol. The minimum atomic E-state index is -0.661. The first kappa shape index (κ1) is 25.7. The lowest BCUT2D eigenvalue weighted by molar-refractivity contribution is -0.122. The van der Waals surface area contributed by atoms with Crippen LogP contribution in [0, 0.1) is 0 Å². The van der Waals surface area contributed by atoms with Gasteiger partial charge in [0.05, 0.1) is 31.2 Å². The normalized spacial score (nSPS) is 11.8. The summed E-state index contributed by atoms with van der Waals surface area (Å²) >= 11 is 9.06. The van der Waals surface area contributed by atoms with E-state index < -0.39 is 6.04 Å². The molecule has 6 N–H and O–H groups in total. The average Bonchev–Trinajstić information content (AvgIpc) is 3.56. The van der Waals surface area contributed by atoms with Crippen LogP contribution in [0.25, 0.3) is 20.8 Å². The molecule has 192 valence electrons. The average molecular weight is 564 g/mol. The first-order chi connectivity index (χ1) is 18.4. The number of hydrogen-bond donors (Lipinski definition) is 4. The van der Waals surface area contributed by atoms with Crippen molar-refractivity contribution in [2.24, 2.45) is 5.73 Å². The van der Waals surface area contributed by atoms with E-state index >= 15 is 0 Å². The van der Waals surface area contributed by atoms with Crippen LogP contribution in [0.15, 0.2) is 66.9 Å². The first-order valence-electron chi connectivity index (χ1n) is 11.5. The topological polar surface area (TPSA) is 149 Å². The summed E-state index contributed by atoms with van der Waals surface area (Å²) in [4.78, 5) is 39.2. The van der Waals surface area contributed by atoms with Gasteiger partial charge in [-0.3, -0.25) is 14.9 Å². The first-order valence-corrected chi connectivity index (χ1v) is 13.5. The second-order valence-electron chi connectivity index (χ2n) is 8.38. The number of rotatable bonds is 8. The molecular weight excluding hydrogens is 542 g/mol. The molecule has 5 aromatic rings. The molecule has 0 aliphatic rings. The zero-order chi connectivity index (χ0) is 26.6. The number of benzene rings is 2. The van der Waals surface area contributed by atoms with Gasteiger partial charge in [-0.1, -0.05) is 53.3 Å². The van der Waals surface area contributed by atoms with E-state index in [9.17, 15) is 9.59 Å². The van der Waals surface area contributed by atoms with Gasteiger partial charge >= 0.3 is 0 Å². The Kier molecular flexibility index (Phi) is 7.61. The fourth-order valence-electron chi connectivity index (χ4n) is 3.75. The van der Waals surface area contributed by atoms with E-state index in [0.29, 0.717) is 32.7 Å². The van der Waals surface area contributed by atoms with Crippen LogP contribution in [-0.2, 0) is 17.8 Å². The van der Waals surface area contributed by atoms with Crippen molar-refractivity contribution in [2.45, 2.75) is 19.0 Å². The van der Waals surface area contributed by atoms with E-state index in [1.807, 2.05) is 42.5 Å². The van der Waals surface area contributed by atoms with Gasteiger partial charge in [0.25, 0.3) is 5.91 Å². The Hall–Kier alpha value is -3.90. The summed E-state index contributed by atoms with van der Waals surface area (Å²) < 4.78 is 0.786. The number of nitrogens with zero attached hydrogens (tertiary/aromatic N) is 3. The maximum absolute atomic E-state index is 12.8. The third-order valence-electron chi connectivity index (χ3n) is 5.59. The monoisotopic (exact) mass is 563 g/mol. The maximum atomic E-state index is 12.8. The molecule has 0 unspecified atom stereocenters. The summed E-state index contributed by atoms with van der Waals surface area (Å²) in [6.07, 6.45) is 2.02. The lowest BCUT2D eigenvalue weighted by atomic mass is 10.1. The summed E-state index contributed by atoms with van der Waals surface area (Å²) in [7, 11) is 0. The Morgan fingerprint density at radius 1 is 1.00 bits per heavy atom. The number of hydrogen-bond acceptors (Lipinski definition) is 9. The molecule has 0 bridgehead atoms. The number of fused-ring (bicyclic) bond motifs is 1. The van der Waals surface area contributed by atoms with Crippen LogP contribution < -0.4 is 22.1 Å². The van der Waals surface area contributed by atoms with Crippen molar-refractivity contribution in [1.29, 1.82) is 0 Å². The molecule has 3 heterocycles. The van der Waals surface area contributed by atoms with Crippen molar-refractivity contribution in [2.75, 3.05) is 11.1 Å². The Morgan fingerprint density at radius 2 is 1.82 bits per heavy atom. The molecular formula is C26H22ClN7O2S2. The molecule has 2 aromatic carbocycles. The second kappa shape index (κ2) is 11.2. The highest BCUT2D eigenvalue weighted by molar-refractivity contribution is 7.22. The molecule has 0 spiro atoms. The van der Waals surface area contributed by atoms with Crippen molar-refractivity contribution in [3.8, 4) is 10.6 Å². The zero-order valence-electron chi connectivity index (χ0n) is 19.8. The summed E-state index contributed by atoms with van der Waals surface area (Å²) in [5, 5.41) is 6.55. The van der Waals surface area contributed by atoms with Crippen LogP contribution in [0.5, 0.6) is 0 Å². The molecule has 0 aliphatic carbocycles. The minimum absolute atomic E-state index is 0.169. The number of halogens is 1. The molecule has 12 heteroatoms. The van der Waals surface area contributed by atoms with Crippen molar-refractivity contribution in [3.05, 3.63) is 87.9 Å². The Bertz CT molecular complexity index is 1620. The standard InChI is InChI=1S/C26H22ClN7O2S2/c27-16-10-15(13-31-23(35)17(28)11-14-4-2-1-3-5-14)12-21-22(16)33-26(38-21)34-24(36)20-7-6-19(37-20)18-8-9-30-25(29)32-18/h1-10,12,17H,11,13,28H2,(H,31,35)(H2,29,30,32)(H,33,34,36)/t17-/m0/s1. The van der Waals surface area contributed by atoms with Crippen LogP contribution in [0.3, 0.4) is 0 Å². The number of thiazole rings is 1. The van der Waals surface area contributed by atoms with Gasteiger partial charge in [0, 0.05) is 12.7 Å². The van der Waals surface area contributed by atoms with Gasteiger partial charge < -0.3 is 16.8 Å². The highest BCUT2D eigenvalue weighted by atomic mass is 35.5. The lowest BCUT2D eigenvalue weighted by Crippen LogP contribution is -2.41. The second-order valence-corrected chi connectivity index (χ2v) is 10.9. The summed E-state index contributed by atoms with van der Waals surface area (Å²) in [5.74, 6) is -0.372. The number of anilines is 2. The number of nitrogen functional groups attached to an aromatic ring is 1. The molecule has 0 radical (unpaired) electrons. The van der Waals surface area contributed by atoms with Crippen LogP contribution in [0.2, 0.25) is 5.02 Å². The van der Waals surface area contributed by atoms with E-state index in [0.717, 1.165) is 20.7 Å². The van der Waals surface area contributed by atoms with Crippen molar-refractivity contribution < 1.29 is 9.59 Å². The smallest absolute Gasteiger partial charge is 0.267 e.